The molecule has 6 N–H and O–H groups in total. The Kier molecular flexibility index (Phi) is 5.37. The van der Waals surface area contributed by atoms with Gasteiger partial charge in [-0.25, -0.2) is 0 Å². The third-order valence-electron chi connectivity index (χ3n) is 5.15. The highest BCUT2D eigenvalue weighted by Crippen LogP contribution is 2.37. The van der Waals surface area contributed by atoms with E-state index in [1.165, 1.54) is 19.2 Å². The van der Waals surface area contributed by atoms with Crippen LogP contribution in [0, 0.1) is 0 Å². The van der Waals surface area contributed by atoms with Crippen LogP contribution in [-0.2, 0) is 4.74 Å². The van der Waals surface area contributed by atoms with Gasteiger partial charge in [-0.2, -0.15) is 0 Å². The molecule has 11 heteroatoms. The van der Waals surface area contributed by atoms with Crippen molar-refractivity contribution in [2.24, 2.45) is 0 Å². The highest BCUT2D eigenvalue weighted by Gasteiger charge is 2.45. The maximum absolute atomic E-state index is 13.2. The van der Waals surface area contributed by atoms with E-state index in [4.69, 9.17) is 18.6 Å². The second-order valence-electron chi connectivity index (χ2n) is 7.05. The van der Waals surface area contributed by atoms with Gasteiger partial charge in [0.25, 0.3) is 0 Å². The molecule has 5 atom stereocenters. The Morgan fingerprint density at radius 2 is 1.71 bits per heavy atom. The molecule has 2 heterocycles. The van der Waals surface area contributed by atoms with Gasteiger partial charge in [-0.15, -0.1) is 0 Å². The van der Waals surface area contributed by atoms with E-state index in [2.05, 4.69) is 0 Å². The SMILES string of the molecule is COc1cc(O[C@@H]2O[C@H](CO)[C@@H](O)[C@H](O)[C@H]2O)c2c(=O)c3c(O)ccc(O)c3oc2c1. The largest absolute Gasteiger partial charge is 0.507 e. The first-order valence-electron chi connectivity index (χ1n) is 9.23. The summed E-state index contributed by atoms with van der Waals surface area (Å²) in [6.45, 7) is -0.663. The van der Waals surface area contributed by atoms with Gasteiger partial charge in [-0.1, -0.05) is 0 Å². The normalized spacial score (nSPS) is 26.3. The number of methoxy groups -OCH3 is 1. The van der Waals surface area contributed by atoms with E-state index in [0.717, 1.165) is 12.1 Å². The third-order valence-corrected chi connectivity index (χ3v) is 5.15. The van der Waals surface area contributed by atoms with Gasteiger partial charge in [0.05, 0.1) is 13.7 Å². The van der Waals surface area contributed by atoms with E-state index in [-0.39, 0.29) is 39.2 Å². The number of aliphatic hydroxyl groups is 4. The maximum atomic E-state index is 13.2. The van der Waals surface area contributed by atoms with Crippen LogP contribution in [0.3, 0.4) is 0 Å². The molecule has 4 rings (SSSR count). The Labute approximate surface area is 173 Å². The molecule has 0 aliphatic carbocycles. The summed E-state index contributed by atoms with van der Waals surface area (Å²) in [4.78, 5) is 13.2. The standard InChI is InChI=1S/C20H20O11/c1-28-7-4-10-14(16(25)13-8(22)2-3-9(23)19(13)29-10)11(5-7)30-20-18(27)17(26)15(24)12(6-21)31-20/h2-5,12,15,17-18,20-24,26-27H,6H2,1H3/t12-,15-,17+,18-,20-/m1/s1. The summed E-state index contributed by atoms with van der Waals surface area (Å²) in [5.41, 5.74) is -1.05. The molecular weight excluding hydrogens is 416 g/mol. The van der Waals surface area contributed by atoms with Crippen molar-refractivity contribution in [1.29, 1.82) is 0 Å². The van der Waals surface area contributed by atoms with E-state index < -0.39 is 48.5 Å². The number of phenolic OH excluding ortho intramolecular Hbond substituents is 2. The van der Waals surface area contributed by atoms with Crippen LogP contribution in [0.2, 0.25) is 0 Å². The molecule has 0 unspecified atom stereocenters. The first kappa shape index (κ1) is 21.2. The summed E-state index contributed by atoms with van der Waals surface area (Å²) in [6, 6.07) is 4.95. The van der Waals surface area contributed by atoms with Gasteiger partial charge in [0, 0.05) is 12.1 Å². The average molecular weight is 436 g/mol. The third kappa shape index (κ3) is 3.42. The number of aromatic hydroxyl groups is 2. The van der Waals surface area contributed by atoms with Crippen LogP contribution in [0.1, 0.15) is 0 Å². The Morgan fingerprint density at radius 3 is 2.39 bits per heavy atom. The summed E-state index contributed by atoms with van der Waals surface area (Å²) in [5.74, 6) is -0.796. The first-order chi connectivity index (χ1) is 14.8. The molecule has 2 aromatic carbocycles. The number of fused-ring (bicyclic) bond motifs is 2. The lowest BCUT2D eigenvalue weighted by atomic mass is 9.99. The van der Waals surface area contributed by atoms with E-state index in [9.17, 15) is 35.4 Å². The number of phenols is 2. The minimum absolute atomic E-state index is 0.0580. The Morgan fingerprint density at radius 1 is 1.00 bits per heavy atom. The molecule has 3 aromatic rings. The van der Waals surface area contributed by atoms with Crippen LogP contribution >= 0.6 is 0 Å². The monoisotopic (exact) mass is 436 g/mol. The van der Waals surface area contributed by atoms with E-state index in [1.54, 1.807) is 0 Å². The van der Waals surface area contributed by atoms with Crippen LogP contribution in [0.4, 0.5) is 0 Å². The molecule has 0 radical (unpaired) electrons. The van der Waals surface area contributed by atoms with Crippen molar-refractivity contribution in [3.63, 3.8) is 0 Å². The number of benzene rings is 2. The van der Waals surface area contributed by atoms with Crippen LogP contribution in [-0.4, -0.2) is 75.1 Å². The van der Waals surface area contributed by atoms with Crippen LogP contribution in [0.25, 0.3) is 21.9 Å². The van der Waals surface area contributed by atoms with Gasteiger partial charge in [0.1, 0.15) is 58.0 Å². The zero-order valence-electron chi connectivity index (χ0n) is 16.1. The summed E-state index contributed by atoms with van der Waals surface area (Å²) < 4.78 is 21.8. The molecule has 31 heavy (non-hydrogen) atoms. The summed E-state index contributed by atoms with van der Waals surface area (Å²) in [5, 5.41) is 59.2. The molecule has 0 spiro atoms. The van der Waals surface area contributed by atoms with Crippen molar-refractivity contribution in [1.82, 2.24) is 0 Å². The lowest BCUT2D eigenvalue weighted by molar-refractivity contribution is -0.277. The second kappa shape index (κ2) is 7.87. The quantitative estimate of drug-likeness (QED) is 0.230. The van der Waals surface area contributed by atoms with Crippen LogP contribution in [0.5, 0.6) is 23.0 Å². The van der Waals surface area contributed by atoms with Gasteiger partial charge in [-0.3, -0.25) is 4.79 Å². The highest BCUT2D eigenvalue weighted by molar-refractivity contribution is 5.98. The van der Waals surface area contributed by atoms with Crippen LogP contribution < -0.4 is 14.9 Å². The average Bonchev–Trinajstić information content (AvgIpc) is 2.76. The van der Waals surface area contributed by atoms with Crippen molar-refractivity contribution >= 4 is 21.9 Å². The number of hydrogen-bond acceptors (Lipinski definition) is 11. The van der Waals surface area contributed by atoms with E-state index >= 15 is 0 Å². The van der Waals surface area contributed by atoms with Crippen molar-refractivity contribution in [3.8, 4) is 23.0 Å². The minimum Gasteiger partial charge on any atom is -0.507 e. The Hall–Kier alpha value is -3.09. The topological polar surface area (TPSA) is 179 Å². The molecule has 0 amide bonds. The lowest BCUT2D eigenvalue weighted by Gasteiger charge is -2.39. The van der Waals surface area contributed by atoms with Gasteiger partial charge in [-0.05, 0) is 12.1 Å². The fourth-order valence-electron chi connectivity index (χ4n) is 3.49. The summed E-state index contributed by atoms with van der Waals surface area (Å²) in [6.07, 6.45) is -7.79. The predicted molar refractivity (Wildman–Crippen MR) is 104 cm³/mol. The molecule has 0 saturated carbocycles. The van der Waals surface area contributed by atoms with Crippen molar-refractivity contribution < 1.29 is 49.3 Å². The van der Waals surface area contributed by atoms with Gasteiger partial charge in [0.15, 0.2) is 11.3 Å². The van der Waals surface area contributed by atoms with Gasteiger partial charge >= 0.3 is 0 Å². The highest BCUT2D eigenvalue weighted by atomic mass is 16.7. The molecule has 11 nitrogen and oxygen atoms in total. The molecule has 1 fully saturated rings. The molecule has 1 aromatic heterocycles. The molecule has 1 aliphatic heterocycles. The molecule has 1 aliphatic rings. The number of rotatable bonds is 4. The smallest absolute Gasteiger partial charge is 0.229 e. The van der Waals surface area contributed by atoms with E-state index in [0.29, 0.717) is 0 Å². The number of ether oxygens (including phenoxy) is 3. The van der Waals surface area contributed by atoms with Crippen molar-refractivity contribution in [3.05, 3.63) is 34.5 Å². The lowest BCUT2D eigenvalue weighted by Crippen LogP contribution is -2.60. The molecule has 0 bridgehead atoms. The Bertz CT molecular complexity index is 1190. The summed E-state index contributed by atoms with van der Waals surface area (Å²) in [7, 11) is 1.35. The summed E-state index contributed by atoms with van der Waals surface area (Å²) >= 11 is 0. The minimum atomic E-state index is -1.72. The Balaban J connectivity index is 1.90. The number of hydrogen-bond donors (Lipinski definition) is 6. The fraction of sp³-hybridized carbons (Fsp3) is 0.350. The van der Waals surface area contributed by atoms with Gasteiger partial charge < -0.3 is 49.3 Å². The van der Waals surface area contributed by atoms with Gasteiger partial charge in [0.2, 0.25) is 11.7 Å². The fourth-order valence-corrected chi connectivity index (χ4v) is 3.49. The molecule has 1 saturated heterocycles. The van der Waals surface area contributed by atoms with Crippen LogP contribution in [0.15, 0.2) is 33.5 Å². The maximum Gasteiger partial charge on any atom is 0.229 e. The molecular formula is C20H20O11. The van der Waals surface area contributed by atoms with Crippen molar-refractivity contribution in [2.75, 3.05) is 13.7 Å². The predicted octanol–water partition coefficient (Wildman–Crippen LogP) is -0.455. The second-order valence-corrected chi connectivity index (χ2v) is 7.05. The first-order valence-corrected chi connectivity index (χ1v) is 9.23. The zero-order valence-corrected chi connectivity index (χ0v) is 16.1. The molecule has 166 valence electrons. The van der Waals surface area contributed by atoms with E-state index in [1.807, 2.05) is 0 Å². The zero-order chi connectivity index (χ0) is 22.4. The number of aliphatic hydroxyl groups excluding tert-OH is 4. The van der Waals surface area contributed by atoms with Crippen molar-refractivity contribution in [2.45, 2.75) is 30.7 Å².